The van der Waals surface area contributed by atoms with Crippen LogP contribution >= 0.6 is 11.3 Å². The van der Waals surface area contributed by atoms with Crippen LogP contribution in [0.1, 0.15) is 16.9 Å². The Labute approximate surface area is 118 Å². The molecule has 0 aromatic carbocycles. The highest BCUT2D eigenvalue weighted by Gasteiger charge is 2.27. The van der Waals surface area contributed by atoms with E-state index in [-0.39, 0.29) is 11.8 Å². The standard InChI is InChI=1S/C14H22N2O2S/c1-11-4-8-19-13(11)9-15-14(17)12-3-5-16(10-12)6-7-18-2/h4,8,12H,3,5-7,9-10H2,1-2H3,(H,15,17)/t12-/m0/s1. The number of amides is 1. The number of thiophene rings is 1. The van der Waals surface area contributed by atoms with Gasteiger partial charge in [-0.15, -0.1) is 11.3 Å². The van der Waals surface area contributed by atoms with Gasteiger partial charge in [0.05, 0.1) is 19.1 Å². The highest BCUT2D eigenvalue weighted by molar-refractivity contribution is 7.10. The van der Waals surface area contributed by atoms with Gasteiger partial charge in [0.15, 0.2) is 0 Å². The van der Waals surface area contributed by atoms with Crippen molar-refractivity contribution in [2.24, 2.45) is 5.92 Å². The lowest BCUT2D eigenvalue weighted by molar-refractivity contribution is -0.124. The lowest BCUT2D eigenvalue weighted by Gasteiger charge is -2.15. The highest BCUT2D eigenvalue weighted by Crippen LogP contribution is 2.18. The summed E-state index contributed by atoms with van der Waals surface area (Å²) < 4.78 is 5.07. The van der Waals surface area contributed by atoms with E-state index in [1.165, 1.54) is 10.4 Å². The van der Waals surface area contributed by atoms with Crippen molar-refractivity contribution < 1.29 is 9.53 Å². The number of likely N-dealkylation sites (tertiary alicyclic amines) is 1. The Morgan fingerprint density at radius 1 is 1.63 bits per heavy atom. The van der Waals surface area contributed by atoms with Crippen molar-refractivity contribution in [3.63, 3.8) is 0 Å². The zero-order valence-electron chi connectivity index (χ0n) is 11.6. The molecular formula is C14H22N2O2S. The zero-order valence-corrected chi connectivity index (χ0v) is 12.5. The number of nitrogens with one attached hydrogen (secondary N) is 1. The minimum atomic E-state index is 0.136. The quantitative estimate of drug-likeness (QED) is 0.862. The summed E-state index contributed by atoms with van der Waals surface area (Å²) in [7, 11) is 1.71. The molecule has 4 nitrogen and oxygen atoms in total. The van der Waals surface area contributed by atoms with Crippen molar-refractivity contribution in [3.05, 3.63) is 21.9 Å². The minimum absolute atomic E-state index is 0.136. The van der Waals surface area contributed by atoms with Crippen LogP contribution in [0.5, 0.6) is 0 Å². The van der Waals surface area contributed by atoms with Crippen LogP contribution in [0, 0.1) is 12.8 Å². The summed E-state index contributed by atoms with van der Waals surface area (Å²) in [4.78, 5) is 15.7. The SMILES string of the molecule is COCCN1CC[C@H](C(=O)NCc2sccc2C)C1. The van der Waals surface area contributed by atoms with Crippen LogP contribution in [-0.4, -0.2) is 44.2 Å². The van der Waals surface area contributed by atoms with Crippen molar-refractivity contribution in [1.82, 2.24) is 10.2 Å². The number of hydrogen-bond donors (Lipinski definition) is 1. The summed E-state index contributed by atoms with van der Waals surface area (Å²) in [5, 5.41) is 5.13. The van der Waals surface area contributed by atoms with Crippen LogP contribution in [0.15, 0.2) is 11.4 Å². The molecule has 1 aromatic heterocycles. The number of methoxy groups -OCH3 is 1. The molecule has 1 saturated heterocycles. The summed E-state index contributed by atoms with van der Waals surface area (Å²) in [5.74, 6) is 0.324. The van der Waals surface area contributed by atoms with E-state index in [1.807, 2.05) is 0 Å². The second kappa shape index (κ2) is 7.03. The summed E-state index contributed by atoms with van der Waals surface area (Å²) >= 11 is 1.70. The maximum absolute atomic E-state index is 12.1. The third kappa shape index (κ3) is 4.03. The van der Waals surface area contributed by atoms with Gasteiger partial charge in [0.25, 0.3) is 0 Å². The molecule has 19 heavy (non-hydrogen) atoms. The number of rotatable bonds is 6. The summed E-state index contributed by atoms with van der Waals surface area (Å²) in [6.45, 7) is 6.27. The molecule has 0 aliphatic carbocycles. The fourth-order valence-corrected chi connectivity index (χ4v) is 3.21. The second-order valence-electron chi connectivity index (χ2n) is 5.02. The van der Waals surface area contributed by atoms with Gasteiger partial charge in [0.1, 0.15) is 0 Å². The van der Waals surface area contributed by atoms with Crippen LogP contribution in [0.4, 0.5) is 0 Å². The molecular weight excluding hydrogens is 260 g/mol. The Kier molecular flexibility index (Phi) is 5.36. The molecule has 1 atom stereocenters. The van der Waals surface area contributed by atoms with Crippen LogP contribution < -0.4 is 5.32 Å². The number of aryl methyl sites for hydroxylation is 1. The van der Waals surface area contributed by atoms with Gasteiger partial charge in [-0.05, 0) is 36.9 Å². The first-order valence-electron chi connectivity index (χ1n) is 6.72. The van der Waals surface area contributed by atoms with Gasteiger partial charge in [0, 0.05) is 25.1 Å². The fourth-order valence-electron chi connectivity index (χ4n) is 2.37. The van der Waals surface area contributed by atoms with Gasteiger partial charge in [0.2, 0.25) is 5.91 Å². The maximum Gasteiger partial charge on any atom is 0.224 e. The molecule has 106 valence electrons. The molecule has 0 spiro atoms. The molecule has 1 amide bonds. The molecule has 1 fully saturated rings. The van der Waals surface area contributed by atoms with Crippen LogP contribution in [0.3, 0.4) is 0 Å². The van der Waals surface area contributed by atoms with E-state index in [0.717, 1.165) is 32.7 Å². The predicted molar refractivity (Wildman–Crippen MR) is 77.3 cm³/mol. The molecule has 1 aliphatic rings. The van der Waals surface area contributed by atoms with Crippen molar-refractivity contribution in [1.29, 1.82) is 0 Å². The molecule has 1 aliphatic heterocycles. The Balaban J connectivity index is 1.74. The average molecular weight is 282 g/mol. The fraction of sp³-hybridized carbons (Fsp3) is 0.643. The van der Waals surface area contributed by atoms with Gasteiger partial charge in [-0.2, -0.15) is 0 Å². The number of ether oxygens (including phenoxy) is 1. The van der Waals surface area contributed by atoms with E-state index in [9.17, 15) is 4.79 Å². The molecule has 0 saturated carbocycles. The normalized spacial score (nSPS) is 19.8. The molecule has 0 unspecified atom stereocenters. The van der Waals surface area contributed by atoms with Gasteiger partial charge in [-0.25, -0.2) is 0 Å². The molecule has 1 N–H and O–H groups in total. The zero-order chi connectivity index (χ0) is 13.7. The van der Waals surface area contributed by atoms with E-state index < -0.39 is 0 Å². The van der Waals surface area contributed by atoms with E-state index in [1.54, 1.807) is 18.4 Å². The summed E-state index contributed by atoms with van der Waals surface area (Å²) in [6, 6.07) is 2.09. The Bertz CT molecular complexity index is 419. The highest BCUT2D eigenvalue weighted by atomic mass is 32.1. The van der Waals surface area contributed by atoms with Crippen molar-refractivity contribution in [3.8, 4) is 0 Å². The topological polar surface area (TPSA) is 41.6 Å². The van der Waals surface area contributed by atoms with Crippen LogP contribution in [-0.2, 0) is 16.1 Å². The van der Waals surface area contributed by atoms with Crippen molar-refractivity contribution >= 4 is 17.2 Å². The minimum Gasteiger partial charge on any atom is -0.383 e. The number of nitrogens with zero attached hydrogens (tertiary/aromatic N) is 1. The predicted octanol–water partition coefficient (Wildman–Crippen LogP) is 1.64. The number of carbonyl (C=O) groups is 1. The van der Waals surface area contributed by atoms with Gasteiger partial charge in [-0.1, -0.05) is 0 Å². The van der Waals surface area contributed by atoms with Crippen molar-refractivity contribution in [2.75, 3.05) is 33.4 Å². The largest absolute Gasteiger partial charge is 0.383 e. The van der Waals surface area contributed by atoms with E-state index in [4.69, 9.17) is 4.74 Å². The molecule has 0 bridgehead atoms. The smallest absolute Gasteiger partial charge is 0.224 e. The third-order valence-electron chi connectivity index (χ3n) is 3.65. The van der Waals surface area contributed by atoms with Gasteiger partial charge >= 0.3 is 0 Å². The van der Waals surface area contributed by atoms with Crippen molar-refractivity contribution in [2.45, 2.75) is 19.9 Å². The lowest BCUT2D eigenvalue weighted by Crippen LogP contribution is -2.33. The monoisotopic (exact) mass is 282 g/mol. The van der Waals surface area contributed by atoms with E-state index in [0.29, 0.717) is 6.54 Å². The molecule has 0 radical (unpaired) electrons. The Hall–Kier alpha value is -0.910. The summed E-state index contributed by atoms with van der Waals surface area (Å²) in [6.07, 6.45) is 0.957. The van der Waals surface area contributed by atoms with Gasteiger partial charge < -0.3 is 15.0 Å². The Morgan fingerprint density at radius 2 is 2.47 bits per heavy atom. The van der Waals surface area contributed by atoms with E-state index >= 15 is 0 Å². The lowest BCUT2D eigenvalue weighted by atomic mass is 10.1. The van der Waals surface area contributed by atoms with Crippen LogP contribution in [0.25, 0.3) is 0 Å². The molecule has 1 aromatic rings. The number of hydrogen-bond acceptors (Lipinski definition) is 4. The average Bonchev–Trinajstić information content (AvgIpc) is 3.03. The van der Waals surface area contributed by atoms with Crippen LogP contribution in [0.2, 0.25) is 0 Å². The molecule has 2 heterocycles. The second-order valence-corrected chi connectivity index (χ2v) is 6.02. The Morgan fingerprint density at radius 3 is 3.16 bits per heavy atom. The first-order valence-corrected chi connectivity index (χ1v) is 7.60. The summed E-state index contributed by atoms with van der Waals surface area (Å²) in [5.41, 5.74) is 1.26. The first kappa shape index (κ1) is 14.5. The van der Waals surface area contributed by atoms with E-state index in [2.05, 4.69) is 28.6 Å². The van der Waals surface area contributed by atoms with Gasteiger partial charge in [-0.3, -0.25) is 4.79 Å². The maximum atomic E-state index is 12.1. The molecule has 2 rings (SSSR count). The third-order valence-corrected chi connectivity index (χ3v) is 4.67. The number of carbonyl (C=O) groups excluding carboxylic acids is 1. The first-order chi connectivity index (χ1) is 9.20. The molecule has 5 heteroatoms.